The molecular weight excluding hydrogens is 354 g/mol. The van der Waals surface area contributed by atoms with E-state index in [1.54, 1.807) is 51.4 Å². The number of unbranched alkanes of at least 4 members (excludes halogenated alkanes) is 5. The van der Waals surface area contributed by atoms with Gasteiger partial charge < -0.3 is 10.4 Å². The summed E-state index contributed by atoms with van der Waals surface area (Å²) < 4.78 is 0. The number of likely N-dealkylation sites (tertiary alicyclic amines) is 1. The van der Waals surface area contributed by atoms with Crippen molar-refractivity contribution in [2.45, 2.75) is 128 Å². The fourth-order valence-corrected chi connectivity index (χ4v) is 9.12. The van der Waals surface area contributed by atoms with Crippen molar-refractivity contribution in [1.82, 2.24) is 4.90 Å². The van der Waals surface area contributed by atoms with Crippen LogP contribution in [0, 0.1) is 29.1 Å². The molecule has 2 nitrogen and oxygen atoms in total. The van der Waals surface area contributed by atoms with Gasteiger partial charge in [0, 0.05) is 6.04 Å². The Morgan fingerprint density at radius 3 is 1.97 bits per heavy atom. The fourth-order valence-electron chi connectivity index (χ4n) is 9.12. The summed E-state index contributed by atoms with van der Waals surface area (Å²) in [7, 11) is 0. The molecule has 5 aliphatic carbocycles. The van der Waals surface area contributed by atoms with Crippen molar-refractivity contribution in [3.05, 3.63) is 0 Å². The van der Waals surface area contributed by atoms with Crippen LogP contribution in [0.4, 0.5) is 0 Å². The van der Waals surface area contributed by atoms with Gasteiger partial charge in [-0.05, 0) is 119 Å². The van der Waals surface area contributed by atoms with E-state index in [1.165, 1.54) is 83.7 Å². The first-order chi connectivity index (χ1) is 13.8. The van der Waals surface area contributed by atoms with Crippen molar-refractivity contribution >= 4 is 0 Å². The molecule has 6 rings (SSSR count). The zero-order chi connectivity index (χ0) is 18.8. The molecule has 0 amide bonds. The van der Waals surface area contributed by atoms with Gasteiger partial charge in [0.25, 0.3) is 0 Å². The highest BCUT2D eigenvalue weighted by Crippen LogP contribution is 2.61. The lowest BCUT2D eigenvalue weighted by molar-refractivity contribution is -0.0583. The largest absolute Gasteiger partial charge is 0.412 e. The van der Waals surface area contributed by atoms with Gasteiger partial charge in [-0.3, -0.25) is 0 Å². The van der Waals surface area contributed by atoms with Crippen molar-refractivity contribution in [2.24, 2.45) is 29.1 Å². The molecule has 2 unspecified atom stereocenters. The quantitative estimate of drug-likeness (QED) is 0.391. The summed E-state index contributed by atoms with van der Waals surface area (Å²) in [5.41, 5.74) is 0.833. The van der Waals surface area contributed by atoms with Crippen LogP contribution in [0.3, 0.4) is 0 Å². The van der Waals surface area contributed by atoms with Crippen LogP contribution in [0.2, 0.25) is 0 Å². The summed E-state index contributed by atoms with van der Waals surface area (Å²) in [5, 5.41) is 0. The topological polar surface area (TPSA) is 34.7 Å². The van der Waals surface area contributed by atoms with Gasteiger partial charge in [-0.25, -0.2) is 0 Å². The Hall–Kier alpha value is -0.0800. The minimum Gasteiger partial charge on any atom is -0.412 e. The molecule has 0 aromatic heterocycles. The number of hydrogen-bond donors (Lipinski definition) is 0. The normalized spacial score (nSPS) is 41.2. The van der Waals surface area contributed by atoms with E-state index in [1.807, 2.05) is 0 Å². The van der Waals surface area contributed by atoms with E-state index in [0.29, 0.717) is 0 Å². The van der Waals surface area contributed by atoms with Gasteiger partial charge in [0.15, 0.2) is 0 Å². The third kappa shape index (κ3) is 5.22. The van der Waals surface area contributed by atoms with Crippen LogP contribution in [0.1, 0.15) is 122 Å². The highest BCUT2D eigenvalue weighted by molar-refractivity contribution is 5.01. The summed E-state index contributed by atoms with van der Waals surface area (Å²) in [6.45, 7) is 2.82. The average Bonchev–Trinajstić information content (AvgIpc) is 2.69. The molecule has 5 saturated carbocycles. The highest BCUT2D eigenvalue weighted by atomic mass is 16.0. The van der Waals surface area contributed by atoms with Crippen LogP contribution in [-0.4, -0.2) is 29.5 Å². The van der Waals surface area contributed by atoms with E-state index in [9.17, 15) is 0 Å². The first-order valence-electron chi connectivity index (χ1n) is 13.5. The molecule has 168 valence electrons. The summed E-state index contributed by atoms with van der Waals surface area (Å²) in [4.78, 5) is 2.90. The maximum atomic E-state index is 2.90. The monoisotopic (exact) mass is 403 g/mol. The van der Waals surface area contributed by atoms with Gasteiger partial charge in [0.1, 0.15) is 0 Å². The van der Waals surface area contributed by atoms with E-state index >= 15 is 0 Å². The van der Waals surface area contributed by atoms with Crippen molar-refractivity contribution in [2.75, 3.05) is 13.1 Å². The number of nitrogens with zero attached hydrogens (tertiary/aromatic N) is 1. The standard InChI is InChI=1S/C27H47N.H2O/c1(2-4-8-14-28-15-9-11-25-10-5-6-12-26(25)28)3-7-13-27-19-22-16-23(20-27)18-24(17-22)21-27;/h22-26H,1-21H2;1H2. The minimum atomic E-state index is 0. The van der Waals surface area contributed by atoms with Crippen molar-refractivity contribution in [3.63, 3.8) is 0 Å². The number of fused-ring (bicyclic) bond motifs is 1. The lowest BCUT2D eigenvalue weighted by Crippen LogP contribution is -2.46. The van der Waals surface area contributed by atoms with E-state index in [2.05, 4.69) is 4.90 Å². The van der Waals surface area contributed by atoms with Crippen LogP contribution in [-0.2, 0) is 0 Å². The Morgan fingerprint density at radius 1 is 0.655 bits per heavy atom. The zero-order valence-corrected chi connectivity index (χ0v) is 19.2. The Balaban J connectivity index is 0.00000205. The molecule has 2 heteroatoms. The number of piperidine rings is 1. The molecule has 0 aromatic carbocycles. The Labute approximate surface area is 180 Å². The van der Waals surface area contributed by atoms with E-state index in [0.717, 1.165) is 35.1 Å². The molecule has 0 radical (unpaired) electrons. The molecule has 1 saturated heterocycles. The molecule has 1 heterocycles. The van der Waals surface area contributed by atoms with E-state index < -0.39 is 0 Å². The molecule has 4 bridgehead atoms. The van der Waals surface area contributed by atoms with Gasteiger partial charge in [0.2, 0.25) is 0 Å². The van der Waals surface area contributed by atoms with Gasteiger partial charge in [-0.15, -0.1) is 0 Å². The fraction of sp³-hybridized carbons (Fsp3) is 1.00. The molecule has 0 aromatic rings. The summed E-state index contributed by atoms with van der Waals surface area (Å²) >= 11 is 0. The van der Waals surface area contributed by atoms with Gasteiger partial charge in [-0.1, -0.05) is 44.9 Å². The predicted molar refractivity (Wildman–Crippen MR) is 123 cm³/mol. The lowest BCUT2D eigenvalue weighted by Gasteiger charge is -2.57. The van der Waals surface area contributed by atoms with Crippen LogP contribution < -0.4 is 0 Å². The maximum Gasteiger partial charge on any atom is 0.0123 e. The van der Waals surface area contributed by atoms with E-state index in [4.69, 9.17) is 0 Å². The van der Waals surface area contributed by atoms with Crippen LogP contribution in [0.5, 0.6) is 0 Å². The molecule has 29 heavy (non-hydrogen) atoms. The maximum absolute atomic E-state index is 2.90. The third-order valence-electron chi connectivity index (χ3n) is 9.93. The predicted octanol–water partition coefficient (Wildman–Crippen LogP) is 6.76. The van der Waals surface area contributed by atoms with Crippen molar-refractivity contribution < 1.29 is 5.48 Å². The van der Waals surface area contributed by atoms with Gasteiger partial charge in [-0.2, -0.15) is 0 Å². The van der Waals surface area contributed by atoms with Crippen LogP contribution in [0.15, 0.2) is 0 Å². The Bertz CT molecular complexity index is 465. The minimum absolute atomic E-state index is 0. The zero-order valence-electron chi connectivity index (χ0n) is 19.2. The smallest absolute Gasteiger partial charge is 0.0123 e. The SMILES string of the molecule is C(CCCCC12CC3CC(CC(C3)C1)C2)CCCN1CCCC2CCCCC21.O. The summed E-state index contributed by atoms with van der Waals surface area (Å²) in [6.07, 6.45) is 29.4. The van der Waals surface area contributed by atoms with E-state index in [-0.39, 0.29) is 5.48 Å². The lowest BCUT2D eigenvalue weighted by atomic mass is 9.48. The second-order valence-electron chi connectivity index (χ2n) is 12.1. The molecule has 0 spiro atoms. The van der Waals surface area contributed by atoms with Crippen molar-refractivity contribution in [3.8, 4) is 0 Å². The first kappa shape index (κ1) is 22.1. The summed E-state index contributed by atoms with van der Waals surface area (Å²) in [5.74, 6) is 4.49. The van der Waals surface area contributed by atoms with Crippen LogP contribution >= 0.6 is 0 Å². The number of rotatable bonds is 9. The summed E-state index contributed by atoms with van der Waals surface area (Å²) in [6, 6.07) is 0.975. The average molecular weight is 404 g/mol. The molecule has 1 aliphatic heterocycles. The molecule has 6 aliphatic rings. The Kier molecular flexibility index (Phi) is 7.65. The second-order valence-corrected chi connectivity index (χ2v) is 12.1. The molecular formula is C27H49NO. The van der Waals surface area contributed by atoms with Crippen LogP contribution in [0.25, 0.3) is 0 Å². The first-order valence-corrected chi connectivity index (χ1v) is 13.5. The number of hydrogen-bond acceptors (Lipinski definition) is 1. The van der Waals surface area contributed by atoms with Gasteiger partial charge >= 0.3 is 0 Å². The van der Waals surface area contributed by atoms with Gasteiger partial charge in [0.05, 0.1) is 0 Å². The molecule has 6 fully saturated rings. The van der Waals surface area contributed by atoms with Crippen molar-refractivity contribution in [1.29, 1.82) is 0 Å². The highest BCUT2D eigenvalue weighted by Gasteiger charge is 2.50. The Morgan fingerprint density at radius 2 is 1.24 bits per heavy atom. The molecule has 2 atom stereocenters. The second kappa shape index (κ2) is 10.0. The third-order valence-corrected chi connectivity index (χ3v) is 9.93. The molecule has 2 N–H and O–H groups in total.